The van der Waals surface area contributed by atoms with Gasteiger partial charge in [0.15, 0.2) is 9.84 Å². The van der Waals surface area contributed by atoms with Crippen LogP contribution in [-0.2, 0) is 9.84 Å². The normalized spacial score (nSPS) is 22.6. The molecule has 0 spiro atoms. The van der Waals surface area contributed by atoms with E-state index < -0.39 is 9.84 Å². The van der Waals surface area contributed by atoms with Crippen molar-refractivity contribution in [3.05, 3.63) is 29.8 Å². The standard InChI is InChI=1S/C12H14N2O2S/c13-8-10-3-1-4-11(7-10)14-12-5-2-6-17(15,16)9-12/h1,3-4,7,12,14H,2,5-6,9H2. The van der Waals surface area contributed by atoms with Gasteiger partial charge in [0.05, 0.1) is 23.1 Å². The molecule has 4 nitrogen and oxygen atoms in total. The maximum atomic E-state index is 11.5. The predicted molar refractivity (Wildman–Crippen MR) is 66.5 cm³/mol. The SMILES string of the molecule is N#Cc1cccc(NC2CCCS(=O)(=O)C2)c1. The minimum Gasteiger partial charge on any atom is -0.381 e. The Balaban J connectivity index is 2.08. The van der Waals surface area contributed by atoms with Crippen LogP contribution < -0.4 is 5.32 Å². The van der Waals surface area contributed by atoms with Gasteiger partial charge in [-0.1, -0.05) is 6.07 Å². The molecule has 1 atom stereocenters. The average molecular weight is 250 g/mol. The molecule has 0 amide bonds. The van der Waals surface area contributed by atoms with E-state index in [1.165, 1.54) is 0 Å². The van der Waals surface area contributed by atoms with Crippen molar-refractivity contribution in [2.24, 2.45) is 0 Å². The van der Waals surface area contributed by atoms with Crippen LogP contribution in [-0.4, -0.2) is 26.0 Å². The molecular formula is C12H14N2O2S. The van der Waals surface area contributed by atoms with Crippen molar-refractivity contribution in [2.75, 3.05) is 16.8 Å². The summed E-state index contributed by atoms with van der Waals surface area (Å²) in [7, 11) is -2.90. The van der Waals surface area contributed by atoms with Gasteiger partial charge in [0.2, 0.25) is 0 Å². The van der Waals surface area contributed by atoms with E-state index in [1.807, 2.05) is 6.07 Å². The lowest BCUT2D eigenvalue weighted by Gasteiger charge is -2.24. The molecule has 0 bridgehead atoms. The number of anilines is 1. The fourth-order valence-corrected chi connectivity index (χ4v) is 3.69. The molecule has 1 heterocycles. The molecule has 90 valence electrons. The molecule has 0 radical (unpaired) electrons. The topological polar surface area (TPSA) is 70.0 Å². The van der Waals surface area contributed by atoms with Crippen molar-refractivity contribution in [3.63, 3.8) is 0 Å². The van der Waals surface area contributed by atoms with Gasteiger partial charge in [-0.25, -0.2) is 8.42 Å². The van der Waals surface area contributed by atoms with Crippen molar-refractivity contribution in [1.29, 1.82) is 5.26 Å². The summed E-state index contributed by atoms with van der Waals surface area (Å²) in [5.74, 6) is 0.479. The molecule has 1 N–H and O–H groups in total. The fourth-order valence-electron chi connectivity index (χ4n) is 2.05. The second kappa shape index (κ2) is 4.76. The molecule has 1 aromatic rings. The Morgan fingerprint density at radius 1 is 1.41 bits per heavy atom. The molecule has 1 fully saturated rings. The van der Waals surface area contributed by atoms with E-state index in [4.69, 9.17) is 5.26 Å². The Morgan fingerprint density at radius 3 is 2.94 bits per heavy atom. The van der Waals surface area contributed by atoms with Crippen LogP contribution in [0.4, 0.5) is 5.69 Å². The van der Waals surface area contributed by atoms with E-state index in [1.54, 1.807) is 18.2 Å². The number of benzene rings is 1. The molecule has 0 aliphatic carbocycles. The van der Waals surface area contributed by atoms with Crippen molar-refractivity contribution < 1.29 is 8.42 Å². The highest BCUT2D eigenvalue weighted by molar-refractivity contribution is 7.91. The molecule has 1 saturated heterocycles. The van der Waals surface area contributed by atoms with Crippen LogP contribution in [0.3, 0.4) is 0 Å². The predicted octanol–water partition coefficient (Wildman–Crippen LogP) is 1.55. The maximum Gasteiger partial charge on any atom is 0.152 e. The molecule has 2 rings (SSSR count). The molecule has 0 saturated carbocycles. The van der Waals surface area contributed by atoms with Crippen LogP contribution in [0.1, 0.15) is 18.4 Å². The number of hydrogen-bond donors (Lipinski definition) is 1. The van der Waals surface area contributed by atoms with Gasteiger partial charge >= 0.3 is 0 Å². The first-order valence-electron chi connectivity index (χ1n) is 5.56. The lowest BCUT2D eigenvalue weighted by atomic mass is 10.1. The van der Waals surface area contributed by atoms with Crippen LogP contribution in [0, 0.1) is 11.3 Å². The Hall–Kier alpha value is -1.54. The molecule has 17 heavy (non-hydrogen) atoms. The largest absolute Gasteiger partial charge is 0.381 e. The van der Waals surface area contributed by atoms with Gasteiger partial charge in [-0.2, -0.15) is 5.26 Å². The first-order chi connectivity index (χ1) is 8.09. The molecule has 1 aliphatic heterocycles. The summed E-state index contributed by atoms with van der Waals surface area (Å²) in [6.45, 7) is 0. The van der Waals surface area contributed by atoms with Crippen LogP contribution >= 0.6 is 0 Å². The average Bonchev–Trinajstić information content (AvgIpc) is 2.28. The number of rotatable bonds is 2. The highest BCUT2D eigenvalue weighted by Crippen LogP contribution is 2.18. The number of hydrogen-bond acceptors (Lipinski definition) is 4. The summed E-state index contributed by atoms with van der Waals surface area (Å²) in [4.78, 5) is 0. The molecular weight excluding hydrogens is 236 g/mol. The minimum absolute atomic E-state index is 0.0392. The number of nitriles is 1. The molecule has 5 heteroatoms. The Kier molecular flexibility index (Phi) is 3.34. The monoisotopic (exact) mass is 250 g/mol. The Bertz CT molecular complexity index is 546. The zero-order valence-corrected chi connectivity index (χ0v) is 10.2. The van der Waals surface area contributed by atoms with E-state index in [-0.39, 0.29) is 11.8 Å². The van der Waals surface area contributed by atoms with E-state index in [0.717, 1.165) is 12.1 Å². The molecule has 1 unspecified atom stereocenters. The van der Waals surface area contributed by atoms with Gasteiger partial charge in [-0.05, 0) is 31.0 Å². The van der Waals surface area contributed by atoms with Crippen molar-refractivity contribution in [1.82, 2.24) is 0 Å². The minimum atomic E-state index is -2.90. The van der Waals surface area contributed by atoms with E-state index in [2.05, 4.69) is 11.4 Å². The summed E-state index contributed by atoms with van der Waals surface area (Å²) >= 11 is 0. The number of nitrogens with one attached hydrogen (secondary N) is 1. The molecule has 1 aliphatic rings. The second-order valence-corrected chi connectivity index (χ2v) is 6.52. The lowest BCUT2D eigenvalue weighted by molar-refractivity contribution is 0.562. The van der Waals surface area contributed by atoms with Crippen molar-refractivity contribution in [2.45, 2.75) is 18.9 Å². The van der Waals surface area contributed by atoms with Crippen LogP contribution in [0.25, 0.3) is 0 Å². The van der Waals surface area contributed by atoms with Gasteiger partial charge in [-0.3, -0.25) is 0 Å². The maximum absolute atomic E-state index is 11.5. The molecule has 0 aromatic heterocycles. The third-order valence-corrected chi connectivity index (χ3v) is 4.65. The third-order valence-electron chi connectivity index (χ3n) is 2.83. The van der Waals surface area contributed by atoms with Crippen LogP contribution in [0.5, 0.6) is 0 Å². The third kappa shape index (κ3) is 3.21. The van der Waals surface area contributed by atoms with Gasteiger partial charge < -0.3 is 5.32 Å². The Morgan fingerprint density at radius 2 is 2.24 bits per heavy atom. The van der Waals surface area contributed by atoms with Gasteiger partial charge in [0.25, 0.3) is 0 Å². The highest BCUT2D eigenvalue weighted by Gasteiger charge is 2.24. The quantitative estimate of drug-likeness (QED) is 0.864. The Labute approximate surface area is 101 Å². The number of nitrogens with zero attached hydrogens (tertiary/aromatic N) is 1. The van der Waals surface area contributed by atoms with Gasteiger partial charge in [0, 0.05) is 11.7 Å². The summed E-state index contributed by atoms with van der Waals surface area (Å²) in [6, 6.07) is 9.12. The van der Waals surface area contributed by atoms with Crippen LogP contribution in [0.2, 0.25) is 0 Å². The van der Waals surface area contributed by atoms with Crippen molar-refractivity contribution in [3.8, 4) is 6.07 Å². The van der Waals surface area contributed by atoms with E-state index in [9.17, 15) is 8.42 Å². The summed E-state index contributed by atoms with van der Waals surface area (Å²) in [5, 5.41) is 12.0. The number of sulfone groups is 1. The van der Waals surface area contributed by atoms with Crippen molar-refractivity contribution >= 4 is 15.5 Å². The zero-order valence-electron chi connectivity index (χ0n) is 9.39. The van der Waals surface area contributed by atoms with E-state index in [0.29, 0.717) is 17.7 Å². The smallest absolute Gasteiger partial charge is 0.152 e. The molecule has 1 aromatic carbocycles. The summed E-state index contributed by atoms with van der Waals surface area (Å²) < 4.78 is 23.0. The van der Waals surface area contributed by atoms with Gasteiger partial charge in [-0.15, -0.1) is 0 Å². The zero-order chi connectivity index (χ0) is 12.3. The van der Waals surface area contributed by atoms with Crippen LogP contribution in [0.15, 0.2) is 24.3 Å². The summed E-state index contributed by atoms with van der Waals surface area (Å²) in [5.41, 5.74) is 1.39. The first-order valence-corrected chi connectivity index (χ1v) is 7.38. The van der Waals surface area contributed by atoms with E-state index >= 15 is 0 Å². The highest BCUT2D eigenvalue weighted by atomic mass is 32.2. The first kappa shape index (κ1) is 11.9. The lowest BCUT2D eigenvalue weighted by Crippen LogP contribution is -2.34. The summed E-state index contributed by atoms with van der Waals surface area (Å²) in [6.07, 6.45) is 1.56. The second-order valence-electron chi connectivity index (χ2n) is 4.29. The fraction of sp³-hybridized carbons (Fsp3) is 0.417. The van der Waals surface area contributed by atoms with Gasteiger partial charge in [0.1, 0.15) is 0 Å².